The van der Waals surface area contributed by atoms with Crippen molar-refractivity contribution >= 4 is 16.6 Å². The average Bonchev–Trinajstić information content (AvgIpc) is 3.14. The molecule has 0 aliphatic carbocycles. The van der Waals surface area contributed by atoms with E-state index in [2.05, 4.69) is 78.3 Å². The lowest BCUT2D eigenvalue weighted by Crippen LogP contribution is -2.40. The molecule has 188 valence electrons. The lowest BCUT2D eigenvalue weighted by atomic mass is 9.89. The van der Waals surface area contributed by atoms with Gasteiger partial charge in [-0.2, -0.15) is 0 Å². The van der Waals surface area contributed by atoms with E-state index in [0.29, 0.717) is 35.9 Å². The maximum atomic E-state index is 12.6. The molecule has 1 fully saturated rings. The van der Waals surface area contributed by atoms with Crippen molar-refractivity contribution < 1.29 is 4.74 Å². The number of likely N-dealkylation sites (tertiary alicyclic amines) is 1. The van der Waals surface area contributed by atoms with E-state index in [1.54, 1.807) is 7.11 Å². The molecular formula is C29H40N4O2. The summed E-state index contributed by atoms with van der Waals surface area (Å²) in [5.41, 5.74) is 5.62. The summed E-state index contributed by atoms with van der Waals surface area (Å²) in [4.78, 5) is 18.0. The first-order chi connectivity index (χ1) is 16.7. The molecule has 1 aromatic carbocycles. The third kappa shape index (κ3) is 4.90. The number of H-pyrrole nitrogens is 1. The van der Waals surface area contributed by atoms with Crippen LogP contribution in [0.5, 0.6) is 5.75 Å². The number of aryl methyl sites for hydroxylation is 1. The number of benzene rings is 1. The standard InChI is InChI=1S/C29H40N4O2/c1-18(2)32-14-12-23(13-15-32)21(5)33-22(6)28(24-10-8-9-11-26(24)33)20(4)30-17-25-27(35-7)16-19(3)31-29(25)34/h8-11,16,18,21,23,30H,4,12-15,17H2,1-3,5-7H3,(H,31,34). The Balaban J connectivity index is 1.62. The Bertz CT molecular complexity index is 1260. The van der Waals surface area contributed by atoms with Gasteiger partial charge in [0.2, 0.25) is 0 Å². The van der Waals surface area contributed by atoms with Crippen molar-refractivity contribution in [2.24, 2.45) is 5.92 Å². The van der Waals surface area contributed by atoms with E-state index in [4.69, 9.17) is 4.74 Å². The van der Waals surface area contributed by atoms with Crippen LogP contribution >= 0.6 is 0 Å². The van der Waals surface area contributed by atoms with E-state index in [-0.39, 0.29) is 5.56 Å². The fourth-order valence-corrected chi connectivity index (χ4v) is 5.75. The topological polar surface area (TPSA) is 62.3 Å². The van der Waals surface area contributed by atoms with Crippen LogP contribution in [0, 0.1) is 19.8 Å². The van der Waals surface area contributed by atoms with Gasteiger partial charge in [-0.3, -0.25) is 4.79 Å². The van der Waals surface area contributed by atoms with Crippen molar-refractivity contribution in [2.45, 2.75) is 66.1 Å². The van der Waals surface area contributed by atoms with Crippen LogP contribution in [0.3, 0.4) is 0 Å². The number of nitrogens with zero attached hydrogens (tertiary/aromatic N) is 2. The Morgan fingerprint density at radius 3 is 2.54 bits per heavy atom. The number of nitrogens with one attached hydrogen (secondary N) is 2. The molecule has 1 saturated heterocycles. The van der Waals surface area contributed by atoms with Crippen molar-refractivity contribution in [3.8, 4) is 5.75 Å². The number of ether oxygens (including phenoxy) is 1. The molecule has 1 aliphatic heterocycles. The molecule has 1 atom stereocenters. The lowest BCUT2D eigenvalue weighted by Gasteiger charge is -2.38. The van der Waals surface area contributed by atoms with E-state index in [0.717, 1.165) is 17.0 Å². The second-order valence-electron chi connectivity index (χ2n) is 10.2. The summed E-state index contributed by atoms with van der Waals surface area (Å²) in [6.45, 7) is 18.1. The minimum atomic E-state index is -0.136. The highest BCUT2D eigenvalue weighted by Crippen LogP contribution is 2.37. The molecule has 2 N–H and O–H groups in total. The van der Waals surface area contributed by atoms with Crippen LogP contribution in [0.25, 0.3) is 16.6 Å². The Hall–Kier alpha value is -2.99. The zero-order chi connectivity index (χ0) is 25.3. The fourth-order valence-electron chi connectivity index (χ4n) is 5.75. The van der Waals surface area contributed by atoms with Crippen LogP contribution in [0.2, 0.25) is 0 Å². The summed E-state index contributed by atoms with van der Waals surface area (Å²) >= 11 is 0. The van der Waals surface area contributed by atoms with Gasteiger partial charge >= 0.3 is 0 Å². The van der Waals surface area contributed by atoms with Crippen molar-refractivity contribution in [2.75, 3.05) is 20.2 Å². The van der Waals surface area contributed by atoms with Crippen LogP contribution in [0.4, 0.5) is 0 Å². The first kappa shape index (κ1) is 25.1. The normalized spacial score (nSPS) is 16.1. The summed E-state index contributed by atoms with van der Waals surface area (Å²) in [5.74, 6) is 1.23. The highest BCUT2D eigenvalue weighted by molar-refractivity contribution is 5.94. The predicted octanol–water partition coefficient (Wildman–Crippen LogP) is 5.40. The first-order valence-electron chi connectivity index (χ1n) is 12.8. The lowest BCUT2D eigenvalue weighted by molar-refractivity contribution is 0.127. The first-order valence-corrected chi connectivity index (χ1v) is 12.8. The minimum absolute atomic E-state index is 0.136. The van der Waals surface area contributed by atoms with Gasteiger partial charge in [0, 0.05) is 52.2 Å². The number of rotatable bonds is 8. The van der Waals surface area contributed by atoms with E-state index < -0.39 is 0 Å². The smallest absolute Gasteiger partial charge is 0.256 e. The highest BCUT2D eigenvalue weighted by atomic mass is 16.5. The number of hydrogen-bond acceptors (Lipinski definition) is 4. The van der Waals surface area contributed by atoms with Crippen molar-refractivity contribution in [3.05, 3.63) is 69.8 Å². The maximum absolute atomic E-state index is 12.6. The number of aromatic amines is 1. The summed E-state index contributed by atoms with van der Waals surface area (Å²) in [6, 6.07) is 11.5. The zero-order valence-electron chi connectivity index (χ0n) is 22.1. The summed E-state index contributed by atoms with van der Waals surface area (Å²) in [6.07, 6.45) is 2.44. The van der Waals surface area contributed by atoms with Gasteiger partial charge in [0.25, 0.3) is 5.56 Å². The van der Waals surface area contributed by atoms with Gasteiger partial charge < -0.3 is 24.5 Å². The molecule has 0 amide bonds. The van der Waals surface area contributed by atoms with Crippen LogP contribution in [-0.2, 0) is 6.54 Å². The SMILES string of the molecule is C=C(NCc1c(OC)cc(C)[nH]c1=O)c1c(C)n(C(C)C2CCN(C(C)C)CC2)c2ccccc12. The number of pyridine rings is 1. The van der Waals surface area contributed by atoms with Gasteiger partial charge in [-0.1, -0.05) is 24.8 Å². The second kappa shape index (κ2) is 10.3. The Labute approximate surface area is 209 Å². The third-order valence-corrected chi connectivity index (χ3v) is 7.78. The zero-order valence-corrected chi connectivity index (χ0v) is 22.1. The number of methoxy groups -OCH3 is 1. The van der Waals surface area contributed by atoms with Crippen LogP contribution < -0.4 is 15.6 Å². The van der Waals surface area contributed by atoms with Crippen LogP contribution in [0.15, 0.2) is 41.7 Å². The van der Waals surface area contributed by atoms with Gasteiger partial charge in [0.1, 0.15) is 5.75 Å². The molecule has 4 rings (SSSR count). The molecule has 0 radical (unpaired) electrons. The predicted molar refractivity (Wildman–Crippen MR) is 145 cm³/mol. The molecular weight excluding hydrogens is 436 g/mol. The number of aromatic nitrogens is 2. The fraction of sp³-hybridized carbons (Fsp3) is 0.483. The second-order valence-corrected chi connectivity index (χ2v) is 10.2. The van der Waals surface area contributed by atoms with Gasteiger partial charge in [-0.15, -0.1) is 0 Å². The molecule has 35 heavy (non-hydrogen) atoms. The molecule has 0 bridgehead atoms. The monoisotopic (exact) mass is 476 g/mol. The summed E-state index contributed by atoms with van der Waals surface area (Å²) < 4.78 is 7.97. The molecule has 3 aromatic rings. The molecule has 6 nitrogen and oxygen atoms in total. The molecule has 0 saturated carbocycles. The summed E-state index contributed by atoms with van der Waals surface area (Å²) in [7, 11) is 1.59. The molecule has 1 aliphatic rings. The number of para-hydroxylation sites is 1. The minimum Gasteiger partial charge on any atom is -0.496 e. The van der Waals surface area contributed by atoms with Gasteiger partial charge in [-0.25, -0.2) is 0 Å². The van der Waals surface area contributed by atoms with Crippen molar-refractivity contribution in [1.82, 2.24) is 19.8 Å². The Kier molecular flexibility index (Phi) is 7.41. The maximum Gasteiger partial charge on any atom is 0.256 e. The largest absolute Gasteiger partial charge is 0.496 e. The van der Waals surface area contributed by atoms with Gasteiger partial charge in [0.15, 0.2) is 0 Å². The van der Waals surface area contributed by atoms with E-state index in [1.807, 2.05) is 13.0 Å². The third-order valence-electron chi connectivity index (χ3n) is 7.78. The highest BCUT2D eigenvalue weighted by Gasteiger charge is 2.29. The Morgan fingerprint density at radius 2 is 1.89 bits per heavy atom. The van der Waals surface area contributed by atoms with Crippen LogP contribution in [0.1, 0.15) is 62.2 Å². The quantitative estimate of drug-likeness (QED) is 0.457. The average molecular weight is 477 g/mol. The number of fused-ring (bicyclic) bond motifs is 1. The number of piperidine rings is 1. The molecule has 0 spiro atoms. The molecule has 6 heteroatoms. The number of hydrogen-bond donors (Lipinski definition) is 2. The molecule has 1 unspecified atom stereocenters. The van der Waals surface area contributed by atoms with Gasteiger partial charge in [-0.05, 0) is 78.6 Å². The van der Waals surface area contributed by atoms with Crippen LogP contribution in [-0.4, -0.2) is 40.7 Å². The molecule has 3 heterocycles. The Morgan fingerprint density at radius 1 is 1.20 bits per heavy atom. The van der Waals surface area contributed by atoms with E-state index in [9.17, 15) is 4.79 Å². The van der Waals surface area contributed by atoms with Gasteiger partial charge in [0.05, 0.1) is 12.7 Å². The molecule has 2 aromatic heterocycles. The van der Waals surface area contributed by atoms with Crippen molar-refractivity contribution in [3.63, 3.8) is 0 Å². The van der Waals surface area contributed by atoms with Crippen molar-refractivity contribution in [1.29, 1.82) is 0 Å². The summed E-state index contributed by atoms with van der Waals surface area (Å²) in [5, 5.41) is 4.61. The van der Waals surface area contributed by atoms with E-state index >= 15 is 0 Å². The van der Waals surface area contributed by atoms with E-state index in [1.165, 1.54) is 42.5 Å².